The number of fused-ring (bicyclic) bond motifs is 9. The van der Waals surface area contributed by atoms with Crippen molar-refractivity contribution in [2.45, 2.75) is 38.5 Å². The SMILES string of the molecule is CC1(C)c2ccccc2-c2cc3c(cc21)-c1c(-c2ccc(-c4ccc(-c5nc(-c6ccccc6)c6c(n5)oc5ccccc56)cc4)cc2)cccc1C3(C)C. The van der Waals surface area contributed by atoms with Gasteiger partial charge >= 0.3 is 0 Å². The van der Waals surface area contributed by atoms with Crippen LogP contribution in [0.15, 0.2) is 162 Å². The molecule has 3 nitrogen and oxygen atoms in total. The van der Waals surface area contributed by atoms with E-state index in [9.17, 15) is 0 Å². The van der Waals surface area contributed by atoms with Gasteiger partial charge in [0.1, 0.15) is 5.58 Å². The van der Waals surface area contributed by atoms with Gasteiger partial charge in [-0.05, 0) is 85.0 Å². The molecule has 0 amide bonds. The average molecular weight is 707 g/mol. The molecule has 2 aliphatic rings. The van der Waals surface area contributed by atoms with E-state index in [2.05, 4.69) is 149 Å². The summed E-state index contributed by atoms with van der Waals surface area (Å²) in [5.41, 5.74) is 20.1. The molecule has 3 heteroatoms. The Morgan fingerprint density at radius 2 is 1.00 bits per heavy atom. The molecule has 0 spiro atoms. The molecule has 2 aliphatic carbocycles. The van der Waals surface area contributed by atoms with Crippen LogP contribution in [0.5, 0.6) is 0 Å². The van der Waals surface area contributed by atoms with Crippen molar-refractivity contribution < 1.29 is 4.42 Å². The van der Waals surface area contributed by atoms with E-state index in [1.165, 1.54) is 61.2 Å². The fourth-order valence-corrected chi connectivity index (χ4v) is 9.43. The van der Waals surface area contributed by atoms with Gasteiger partial charge in [0.15, 0.2) is 5.82 Å². The molecule has 0 fully saturated rings. The van der Waals surface area contributed by atoms with Gasteiger partial charge in [-0.15, -0.1) is 0 Å². The molecule has 9 aromatic rings. The second-order valence-corrected chi connectivity index (χ2v) is 16.2. The quantitative estimate of drug-likeness (QED) is 0.183. The zero-order chi connectivity index (χ0) is 37.1. The summed E-state index contributed by atoms with van der Waals surface area (Å²) in [4.78, 5) is 10.1. The Labute approximate surface area is 321 Å². The van der Waals surface area contributed by atoms with E-state index in [-0.39, 0.29) is 10.8 Å². The number of aromatic nitrogens is 2. The molecule has 0 bridgehead atoms. The lowest BCUT2D eigenvalue weighted by molar-refractivity contribution is 0.652. The summed E-state index contributed by atoms with van der Waals surface area (Å²) in [6.45, 7) is 9.51. The third-order valence-corrected chi connectivity index (χ3v) is 12.4. The summed E-state index contributed by atoms with van der Waals surface area (Å²) in [5, 5.41) is 1.96. The van der Waals surface area contributed by atoms with Crippen molar-refractivity contribution in [1.82, 2.24) is 9.97 Å². The van der Waals surface area contributed by atoms with Crippen LogP contribution in [0.2, 0.25) is 0 Å². The van der Waals surface area contributed by atoms with Crippen LogP contribution >= 0.6 is 0 Å². The molecule has 2 aromatic heterocycles. The maximum atomic E-state index is 6.27. The van der Waals surface area contributed by atoms with E-state index in [1.54, 1.807) is 0 Å². The number of nitrogens with zero attached hydrogens (tertiary/aromatic N) is 2. The summed E-state index contributed by atoms with van der Waals surface area (Å²) >= 11 is 0. The van der Waals surface area contributed by atoms with Crippen LogP contribution < -0.4 is 0 Å². The molecule has 0 saturated heterocycles. The van der Waals surface area contributed by atoms with Gasteiger partial charge in [0.2, 0.25) is 5.71 Å². The highest BCUT2D eigenvalue weighted by molar-refractivity contribution is 6.10. The van der Waals surface area contributed by atoms with Gasteiger partial charge < -0.3 is 4.42 Å². The molecule has 262 valence electrons. The van der Waals surface area contributed by atoms with Crippen LogP contribution in [-0.2, 0) is 10.8 Å². The fourth-order valence-electron chi connectivity index (χ4n) is 9.43. The van der Waals surface area contributed by atoms with Crippen LogP contribution in [0.1, 0.15) is 49.9 Å². The molecule has 0 radical (unpaired) electrons. The smallest absolute Gasteiger partial charge is 0.231 e. The molecule has 0 atom stereocenters. The predicted octanol–water partition coefficient (Wildman–Crippen LogP) is 13.7. The standard InChI is InChI=1S/C52H38N2O/c1-51(2)41-18-10-8-15-37(41)39-29-44-40(30-43(39)51)46-36(17-12-19-42(46)52(44,3)4)33-25-21-31(22-26-33)32-23-27-35(28-24-32)49-53-48(34-13-6-5-7-14-34)47-38-16-9-11-20-45(38)55-50(47)54-49/h5-30H,1-4H3. The van der Waals surface area contributed by atoms with Gasteiger partial charge in [0.05, 0.1) is 11.1 Å². The number of hydrogen-bond donors (Lipinski definition) is 0. The highest BCUT2D eigenvalue weighted by Crippen LogP contribution is 2.57. The lowest BCUT2D eigenvalue weighted by Gasteiger charge is -2.24. The molecule has 11 rings (SSSR count). The number of para-hydroxylation sites is 1. The Balaban J connectivity index is 0.951. The van der Waals surface area contributed by atoms with Crippen LogP contribution in [-0.4, -0.2) is 9.97 Å². The van der Waals surface area contributed by atoms with Crippen LogP contribution in [0.4, 0.5) is 0 Å². The normalized spacial score (nSPS) is 14.5. The summed E-state index contributed by atoms with van der Waals surface area (Å²) in [5.74, 6) is 0.645. The van der Waals surface area contributed by atoms with E-state index in [0.29, 0.717) is 11.5 Å². The first-order chi connectivity index (χ1) is 26.8. The van der Waals surface area contributed by atoms with Gasteiger partial charge in [0, 0.05) is 27.3 Å². The van der Waals surface area contributed by atoms with E-state index in [0.717, 1.165) is 38.7 Å². The average Bonchev–Trinajstić information content (AvgIpc) is 3.80. The predicted molar refractivity (Wildman–Crippen MR) is 226 cm³/mol. The van der Waals surface area contributed by atoms with Crippen molar-refractivity contribution in [3.63, 3.8) is 0 Å². The molecule has 7 aromatic carbocycles. The van der Waals surface area contributed by atoms with Crippen LogP contribution in [0.3, 0.4) is 0 Å². The first-order valence-electron chi connectivity index (χ1n) is 19.2. The lowest BCUT2D eigenvalue weighted by Crippen LogP contribution is -2.16. The van der Waals surface area contributed by atoms with Crippen molar-refractivity contribution in [3.8, 4) is 67.2 Å². The zero-order valence-electron chi connectivity index (χ0n) is 31.3. The molecular weight excluding hydrogens is 669 g/mol. The molecule has 0 saturated carbocycles. The van der Waals surface area contributed by atoms with Crippen molar-refractivity contribution in [2.24, 2.45) is 0 Å². The molecule has 0 N–H and O–H groups in total. The van der Waals surface area contributed by atoms with E-state index < -0.39 is 0 Å². The first-order valence-corrected chi connectivity index (χ1v) is 19.2. The minimum atomic E-state index is -0.0976. The molecule has 0 aliphatic heterocycles. The minimum absolute atomic E-state index is 0.0452. The largest absolute Gasteiger partial charge is 0.438 e. The number of benzene rings is 7. The molecular formula is C52H38N2O. The monoisotopic (exact) mass is 706 g/mol. The zero-order valence-corrected chi connectivity index (χ0v) is 31.3. The summed E-state index contributed by atoms with van der Waals surface area (Å²) in [7, 11) is 0. The van der Waals surface area contributed by atoms with E-state index >= 15 is 0 Å². The van der Waals surface area contributed by atoms with Crippen molar-refractivity contribution >= 4 is 22.1 Å². The number of rotatable bonds is 4. The lowest BCUT2D eigenvalue weighted by atomic mass is 9.79. The second-order valence-electron chi connectivity index (χ2n) is 16.2. The highest BCUT2D eigenvalue weighted by Gasteiger charge is 2.42. The molecule has 0 unspecified atom stereocenters. The summed E-state index contributed by atoms with van der Waals surface area (Å²) in [6.07, 6.45) is 0. The maximum Gasteiger partial charge on any atom is 0.231 e. The van der Waals surface area contributed by atoms with Crippen LogP contribution in [0.25, 0.3) is 89.2 Å². The molecule has 55 heavy (non-hydrogen) atoms. The fraction of sp³-hybridized carbons (Fsp3) is 0.115. The Morgan fingerprint density at radius 1 is 0.418 bits per heavy atom. The second kappa shape index (κ2) is 11.5. The Morgan fingerprint density at radius 3 is 1.78 bits per heavy atom. The third kappa shape index (κ3) is 4.63. The van der Waals surface area contributed by atoms with Gasteiger partial charge in [-0.2, -0.15) is 4.98 Å². The van der Waals surface area contributed by atoms with E-state index in [4.69, 9.17) is 14.4 Å². The van der Waals surface area contributed by atoms with E-state index in [1.807, 2.05) is 36.4 Å². The topological polar surface area (TPSA) is 38.9 Å². The van der Waals surface area contributed by atoms with Gasteiger partial charge in [-0.1, -0.05) is 167 Å². The van der Waals surface area contributed by atoms with Crippen LogP contribution in [0, 0.1) is 0 Å². The summed E-state index contributed by atoms with van der Waals surface area (Å²) in [6, 6.07) is 56.8. The van der Waals surface area contributed by atoms with Crippen molar-refractivity contribution in [3.05, 3.63) is 180 Å². The van der Waals surface area contributed by atoms with Crippen molar-refractivity contribution in [2.75, 3.05) is 0 Å². The third-order valence-electron chi connectivity index (χ3n) is 12.4. The van der Waals surface area contributed by atoms with Crippen molar-refractivity contribution in [1.29, 1.82) is 0 Å². The minimum Gasteiger partial charge on any atom is -0.438 e. The number of furan rings is 1. The first kappa shape index (κ1) is 31.9. The number of hydrogen-bond acceptors (Lipinski definition) is 3. The van der Waals surface area contributed by atoms with Gasteiger partial charge in [-0.3, -0.25) is 0 Å². The van der Waals surface area contributed by atoms with Gasteiger partial charge in [-0.25, -0.2) is 4.98 Å². The summed E-state index contributed by atoms with van der Waals surface area (Å²) < 4.78 is 6.27. The maximum absolute atomic E-state index is 6.27. The Kier molecular flexibility index (Phi) is 6.65. The molecule has 2 heterocycles. The Bertz CT molecular complexity index is 3000. The Hall–Kier alpha value is -6.58. The highest BCUT2D eigenvalue weighted by atomic mass is 16.3. The van der Waals surface area contributed by atoms with Gasteiger partial charge in [0.25, 0.3) is 0 Å².